The Morgan fingerprint density at radius 3 is 2.29 bits per heavy atom. The van der Waals surface area contributed by atoms with Crippen molar-refractivity contribution in [2.24, 2.45) is 11.1 Å². The normalized spacial score (nSPS) is 16.5. The molecule has 0 unspecified atom stereocenters. The predicted molar refractivity (Wildman–Crippen MR) is 111 cm³/mol. The smallest absolute Gasteiger partial charge is 0.325 e. The van der Waals surface area contributed by atoms with Gasteiger partial charge in [0.25, 0.3) is 0 Å². The van der Waals surface area contributed by atoms with Crippen molar-refractivity contribution in [3.63, 3.8) is 0 Å². The molecule has 5 N–H and O–H groups in total. The Balaban J connectivity index is 0.000000209. The first-order valence-electron chi connectivity index (χ1n) is 9.75. The molecule has 0 radical (unpaired) electrons. The number of carbonyl (C=O) groups is 2. The molecule has 2 aromatic carbocycles. The Morgan fingerprint density at radius 1 is 1.07 bits per heavy atom. The minimum Gasteiger partial charge on any atom is -0.481 e. The summed E-state index contributed by atoms with van der Waals surface area (Å²) in [7, 11) is 0. The highest BCUT2D eigenvalue weighted by atomic mass is 16.4. The zero-order valence-corrected chi connectivity index (χ0v) is 16.4. The second-order valence-electron chi connectivity index (χ2n) is 7.60. The molecule has 1 aliphatic carbocycles. The van der Waals surface area contributed by atoms with Gasteiger partial charge in [-0.15, -0.1) is 0 Å². The van der Waals surface area contributed by atoms with Crippen molar-refractivity contribution in [3.8, 4) is 0 Å². The molecule has 152 valence electrons. The lowest BCUT2D eigenvalue weighted by Gasteiger charge is -2.34. The minimum absolute atomic E-state index is 0.0793. The molecule has 6 heteroatoms. The van der Waals surface area contributed by atoms with Crippen molar-refractivity contribution in [1.29, 1.82) is 0 Å². The lowest BCUT2D eigenvalue weighted by Crippen LogP contribution is -2.34. The Bertz CT molecular complexity index is 800. The maximum absolute atomic E-state index is 10.7. The van der Waals surface area contributed by atoms with Crippen molar-refractivity contribution in [2.45, 2.75) is 51.5 Å². The van der Waals surface area contributed by atoms with Crippen LogP contribution in [0.5, 0.6) is 0 Å². The maximum atomic E-state index is 10.7. The Labute approximate surface area is 165 Å². The number of fused-ring (bicyclic) bond motifs is 1. The van der Waals surface area contributed by atoms with Crippen LogP contribution in [0.2, 0.25) is 0 Å². The first-order chi connectivity index (χ1) is 13.3. The fraction of sp³-hybridized carbons (Fsp3) is 0.455. The highest BCUT2D eigenvalue weighted by Crippen LogP contribution is 2.38. The third-order valence-electron chi connectivity index (χ3n) is 5.38. The molecule has 0 amide bonds. The summed E-state index contributed by atoms with van der Waals surface area (Å²) in [4.78, 5) is 21.3. The zero-order chi connectivity index (χ0) is 20.6. The summed E-state index contributed by atoms with van der Waals surface area (Å²) in [5.41, 5.74) is 6.37. The fourth-order valence-electron chi connectivity index (χ4n) is 3.67. The number of nitrogens with one attached hydrogen (secondary N) is 1. The molecule has 0 aliphatic heterocycles. The van der Waals surface area contributed by atoms with Crippen LogP contribution in [0.4, 0.5) is 5.69 Å². The number of nitrogens with two attached hydrogens (primary N) is 1. The Kier molecular flexibility index (Phi) is 7.81. The van der Waals surface area contributed by atoms with Crippen molar-refractivity contribution in [2.75, 3.05) is 11.9 Å². The molecule has 2 aromatic rings. The second-order valence-corrected chi connectivity index (χ2v) is 7.60. The molecule has 3 rings (SSSR count). The van der Waals surface area contributed by atoms with Gasteiger partial charge in [-0.1, -0.05) is 49.6 Å². The van der Waals surface area contributed by atoms with Gasteiger partial charge in [-0.05, 0) is 54.6 Å². The van der Waals surface area contributed by atoms with E-state index < -0.39 is 18.0 Å². The summed E-state index contributed by atoms with van der Waals surface area (Å²) in [5, 5.41) is 22.7. The van der Waals surface area contributed by atoms with Gasteiger partial charge >= 0.3 is 11.9 Å². The van der Waals surface area contributed by atoms with Crippen LogP contribution in [0, 0.1) is 5.41 Å². The van der Waals surface area contributed by atoms with Crippen molar-refractivity contribution >= 4 is 28.4 Å². The van der Waals surface area contributed by atoms with Crippen LogP contribution in [0.15, 0.2) is 42.5 Å². The van der Waals surface area contributed by atoms with E-state index in [1.807, 2.05) is 42.5 Å². The molecule has 0 heterocycles. The SMILES string of the molecule is C[C@H](Nc1ccc2ccccc2c1)C(=O)O.NCC1(CC(=O)O)CCCCC1. The van der Waals surface area contributed by atoms with Gasteiger partial charge in [-0.2, -0.15) is 0 Å². The van der Waals surface area contributed by atoms with Crippen LogP contribution in [0.3, 0.4) is 0 Å². The van der Waals surface area contributed by atoms with Crippen molar-refractivity contribution < 1.29 is 19.8 Å². The number of benzene rings is 2. The van der Waals surface area contributed by atoms with Gasteiger partial charge < -0.3 is 21.3 Å². The molecule has 0 spiro atoms. The molecular formula is C22H30N2O4. The van der Waals surface area contributed by atoms with Crippen LogP contribution in [0.25, 0.3) is 10.8 Å². The van der Waals surface area contributed by atoms with E-state index in [1.165, 1.54) is 6.42 Å². The monoisotopic (exact) mass is 386 g/mol. The summed E-state index contributed by atoms with van der Waals surface area (Å²) in [5.74, 6) is -1.56. The number of hydrogen-bond donors (Lipinski definition) is 4. The molecule has 6 nitrogen and oxygen atoms in total. The van der Waals surface area contributed by atoms with E-state index >= 15 is 0 Å². The van der Waals surface area contributed by atoms with Gasteiger partial charge in [0.05, 0.1) is 6.42 Å². The number of hydrogen-bond acceptors (Lipinski definition) is 4. The molecule has 1 fully saturated rings. The number of anilines is 1. The standard InChI is InChI=1S/C13H13NO2.C9H17NO2/c1-9(13(15)16)14-12-7-6-10-4-2-3-5-11(10)8-12;10-7-9(6-8(11)12)4-2-1-3-5-9/h2-9,14H,1H3,(H,15,16);1-7,10H2,(H,11,12)/t9-;/m0./s1. The van der Waals surface area contributed by atoms with Gasteiger partial charge in [0.1, 0.15) is 6.04 Å². The molecule has 28 heavy (non-hydrogen) atoms. The van der Waals surface area contributed by atoms with Crippen LogP contribution < -0.4 is 11.1 Å². The van der Waals surface area contributed by atoms with Crippen LogP contribution in [0.1, 0.15) is 45.4 Å². The molecule has 1 atom stereocenters. The molecule has 0 bridgehead atoms. The Hall–Kier alpha value is -2.60. The van der Waals surface area contributed by atoms with E-state index in [0.717, 1.165) is 42.1 Å². The quantitative estimate of drug-likeness (QED) is 0.595. The second kappa shape index (κ2) is 10.1. The molecule has 0 saturated heterocycles. The lowest BCUT2D eigenvalue weighted by molar-refractivity contribution is -0.140. The number of rotatable bonds is 6. The van der Waals surface area contributed by atoms with Crippen molar-refractivity contribution in [1.82, 2.24) is 0 Å². The van der Waals surface area contributed by atoms with Gasteiger partial charge in [0, 0.05) is 5.69 Å². The average Bonchev–Trinajstić information content (AvgIpc) is 2.68. The maximum Gasteiger partial charge on any atom is 0.325 e. The lowest BCUT2D eigenvalue weighted by atomic mass is 9.72. The summed E-state index contributed by atoms with van der Waals surface area (Å²) < 4.78 is 0. The summed E-state index contributed by atoms with van der Waals surface area (Å²) >= 11 is 0. The molecular weight excluding hydrogens is 356 g/mol. The third kappa shape index (κ3) is 6.23. The highest BCUT2D eigenvalue weighted by molar-refractivity contribution is 5.86. The Morgan fingerprint density at radius 2 is 1.71 bits per heavy atom. The topological polar surface area (TPSA) is 113 Å². The largest absolute Gasteiger partial charge is 0.481 e. The minimum atomic E-state index is -0.854. The third-order valence-corrected chi connectivity index (χ3v) is 5.38. The van der Waals surface area contributed by atoms with Gasteiger partial charge in [0.2, 0.25) is 0 Å². The van der Waals surface area contributed by atoms with Crippen molar-refractivity contribution in [3.05, 3.63) is 42.5 Å². The van der Waals surface area contributed by atoms with E-state index in [2.05, 4.69) is 5.32 Å². The molecule has 1 aliphatic rings. The summed E-state index contributed by atoms with van der Waals surface area (Å²) in [6.45, 7) is 2.15. The molecule has 0 aromatic heterocycles. The first kappa shape index (κ1) is 21.7. The van der Waals surface area contributed by atoms with E-state index in [9.17, 15) is 9.59 Å². The van der Waals surface area contributed by atoms with Crippen LogP contribution >= 0.6 is 0 Å². The predicted octanol–water partition coefficient (Wildman–Crippen LogP) is 4.10. The van der Waals surface area contributed by atoms with Gasteiger partial charge in [-0.3, -0.25) is 9.59 Å². The van der Waals surface area contributed by atoms with Crippen LogP contribution in [-0.2, 0) is 9.59 Å². The summed E-state index contributed by atoms with van der Waals surface area (Å²) in [6.07, 6.45) is 5.77. The summed E-state index contributed by atoms with van der Waals surface area (Å²) in [6, 6.07) is 13.2. The van der Waals surface area contributed by atoms with Gasteiger partial charge in [-0.25, -0.2) is 0 Å². The molecule has 1 saturated carbocycles. The number of carboxylic acids is 2. The first-order valence-corrected chi connectivity index (χ1v) is 9.75. The van der Waals surface area contributed by atoms with E-state index in [0.29, 0.717) is 6.54 Å². The van der Waals surface area contributed by atoms with E-state index in [-0.39, 0.29) is 11.8 Å². The number of aliphatic carboxylic acids is 2. The fourth-order valence-corrected chi connectivity index (χ4v) is 3.67. The number of carboxylic acid groups (broad SMARTS) is 2. The van der Waals surface area contributed by atoms with Crippen LogP contribution in [-0.4, -0.2) is 34.7 Å². The highest BCUT2D eigenvalue weighted by Gasteiger charge is 2.32. The van der Waals surface area contributed by atoms with E-state index in [1.54, 1.807) is 6.92 Å². The van der Waals surface area contributed by atoms with Gasteiger partial charge in [0.15, 0.2) is 0 Å². The average molecular weight is 386 g/mol. The zero-order valence-electron chi connectivity index (χ0n) is 16.4. The van der Waals surface area contributed by atoms with E-state index in [4.69, 9.17) is 15.9 Å².